The Bertz CT molecular complexity index is 1660. The fourth-order valence-corrected chi connectivity index (χ4v) is 6.10. The molecule has 2 saturated heterocycles. The van der Waals surface area contributed by atoms with Crippen molar-refractivity contribution in [3.63, 3.8) is 0 Å². The molecule has 2 unspecified atom stereocenters. The molecular formula is C16H13N8O16P2-3. The topological polar surface area (TPSA) is 349 Å². The summed E-state index contributed by atoms with van der Waals surface area (Å²) in [5.41, 5.74) is 3.55. The van der Waals surface area contributed by atoms with E-state index in [0.717, 1.165) is 17.2 Å². The summed E-state index contributed by atoms with van der Waals surface area (Å²) in [6.07, 6.45) is -3.48. The van der Waals surface area contributed by atoms with E-state index in [4.69, 9.17) is 19.9 Å². The number of nitrogens with zero attached hydrogens (tertiary/aromatic N) is 7. The fraction of sp³-hybridized carbons (Fsp3) is 0.438. The molecule has 2 fully saturated rings. The van der Waals surface area contributed by atoms with E-state index in [1.165, 1.54) is 0 Å². The van der Waals surface area contributed by atoms with E-state index in [1.54, 1.807) is 0 Å². The maximum absolute atomic E-state index is 12.0. The summed E-state index contributed by atoms with van der Waals surface area (Å²) in [6, 6.07) is -2.38. The number of imidazole rings is 1. The van der Waals surface area contributed by atoms with E-state index >= 15 is 0 Å². The molecule has 2 aromatic heterocycles. The number of aromatic nitrogens is 4. The minimum atomic E-state index is -6.09. The molecule has 24 nitrogen and oxygen atoms in total. The van der Waals surface area contributed by atoms with Crippen molar-refractivity contribution in [2.24, 2.45) is 0 Å². The molecule has 0 saturated carbocycles. The predicted molar refractivity (Wildman–Crippen MR) is 119 cm³/mol. The largest absolute Gasteiger partial charge is 0.790 e. The number of fused-ring (bicyclic) bond motifs is 2. The summed E-state index contributed by atoms with van der Waals surface area (Å²) in [6.45, 7) is -1.17. The lowest BCUT2D eigenvalue weighted by Crippen LogP contribution is -2.53. The molecule has 5 rings (SSSR count). The SMILES string of the molecule is Nc1ncnc2c1ncn2[C@@H]1O[C@H](COP(=O)([O-])OP(=O)([O-])[O-])[C@H]2O[C@@]3(O[C@H]21)C([N+](=O)[O-])=CC([N+](=O)[O-])=CC3[N+](=O)[O-]. The van der Waals surface area contributed by atoms with Gasteiger partial charge in [0.2, 0.25) is 0 Å². The van der Waals surface area contributed by atoms with Gasteiger partial charge in [0.1, 0.15) is 30.2 Å². The van der Waals surface area contributed by atoms with Gasteiger partial charge in [-0.25, -0.2) is 15.0 Å². The van der Waals surface area contributed by atoms with Gasteiger partial charge in [-0.3, -0.25) is 43.8 Å². The zero-order valence-corrected chi connectivity index (χ0v) is 21.8. The van der Waals surface area contributed by atoms with Crippen LogP contribution in [0, 0.1) is 30.3 Å². The van der Waals surface area contributed by atoms with Gasteiger partial charge < -0.3 is 43.7 Å². The normalized spacial score (nSPS) is 30.5. The van der Waals surface area contributed by atoms with Crippen LogP contribution in [0.4, 0.5) is 5.82 Å². The van der Waals surface area contributed by atoms with E-state index in [1.807, 2.05) is 0 Å². The van der Waals surface area contributed by atoms with Crippen LogP contribution in [0.3, 0.4) is 0 Å². The van der Waals surface area contributed by atoms with Crippen LogP contribution < -0.4 is 20.4 Å². The standard InChI is InChI=1S/C16H16N8O16P2/c17-13-10-14(19-4-18-13)21(5-20-10)15-12-11(7(37-15)3-36-42(34,35)40-41(31,32)33)38-16(39-12)8(23(27)28)1-6(22(25)26)2-9(16)24(29)30/h1-2,4-5,7-8,11-12,15H,3H2,(H,34,35)(H2,17,18,19)(H2,31,32,33)/p-3/t7-,8?,11-,12-,15-,16+/m1/s1. The van der Waals surface area contributed by atoms with Crippen molar-refractivity contribution in [1.82, 2.24) is 19.5 Å². The number of hydrogen-bond acceptors (Lipinski definition) is 20. The molecule has 2 aliphatic heterocycles. The third-order valence-electron chi connectivity index (χ3n) is 6.16. The van der Waals surface area contributed by atoms with Crippen molar-refractivity contribution in [3.8, 4) is 0 Å². The molecule has 1 aliphatic carbocycles. The highest BCUT2D eigenvalue weighted by Gasteiger charge is 2.71. The summed E-state index contributed by atoms with van der Waals surface area (Å²) in [5.74, 6) is -3.02. The Morgan fingerprint density at radius 2 is 1.74 bits per heavy atom. The third kappa shape index (κ3) is 5.15. The molecule has 2 aromatic rings. The van der Waals surface area contributed by atoms with Crippen molar-refractivity contribution < 1.29 is 61.6 Å². The number of ether oxygens (including phenoxy) is 3. The third-order valence-corrected chi connectivity index (χ3v) is 8.23. The number of rotatable bonds is 9. The van der Waals surface area contributed by atoms with Crippen LogP contribution in [0.5, 0.6) is 0 Å². The highest BCUT2D eigenvalue weighted by atomic mass is 31.3. The molecule has 2 N–H and O–H groups in total. The van der Waals surface area contributed by atoms with Gasteiger partial charge in [-0.15, -0.1) is 0 Å². The molecule has 0 bridgehead atoms. The van der Waals surface area contributed by atoms with Gasteiger partial charge in [0.05, 0.1) is 42.8 Å². The van der Waals surface area contributed by atoms with Gasteiger partial charge in [-0.2, -0.15) is 0 Å². The van der Waals surface area contributed by atoms with Crippen LogP contribution >= 0.6 is 15.6 Å². The number of phosphoric ester groups is 1. The summed E-state index contributed by atoms with van der Waals surface area (Å²) >= 11 is 0. The van der Waals surface area contributed by atoms with Gasteiger partial charge >= 0.3 is 17.5 Å². The Hall–Kier alpha value is -3.83. The van der Waals surface area contributed by atoms with Crippen molar-refractivity contribution in [2.75, 3.05) is 12.3 Å². The lowest BCUT2D eigenvalue weighted by Gasteiger charge is -2.35. The van der Waals surface area contributed by atoms with E-state index in [2.05, 4.69) is 23.8 Å². The van der Waals surface area contributed by atoms with Crippen molar-refractivity contribution in [2.45, 2.75) is 36.4 Å². The monoisotopic (exact) mass is 635 g/mol. The quantitative estimate of drug-likeness (QED) is 0.164. The summed E-state index contributed by atoms with van der Waals surface area (Å²) in [7, 11) is -11.9. The number of nitro groups is 3. The van der Waals surface area contributed by atoms with E-state index < -0.39 is 84.8 Å². The van der Waals surface area contributed by atoms with Crippen LogP contribution in [-0.4, -0.2) is 71.0 Å². The summed E-state index contributed by atoms with van der Waals surface area (Å²) < 4.78 is 48.8. The second-order valence-electron chi connectivity index (χ2n) is 8.62. The smallest absolute Gasteiger partial charge is 0.337 e. The molecule has 3 aliphatic rings. The first kappa shape index (κ1) is 29.7. The maximum Gasteiger partial charge on any atom is 0.337 e. The molecule has 1 spiro atoms. The number of nitrogen functional groups attached to an aromatic ring is 1. The number of allylic oxidation sites excluding steroid dienone is 1. The molecule has 26 heteroatoms. The minimum absolute atomic E-state index is 0.0103. The first-order valence-electron chi connectivity index (χ1n) is 11.0. The van der Waals surface area contributed by atoms with Crippen LogP contribution in [-0.2, 0) is 32.2 Å². The summed E-state index contributed by atoms with van der Waals surface area (Å²) in [4.78, 5) is 77.1. The fourth-order valence-electron chi connectivity index (χ4n) is 4.60. The van der Waals surface area contributed by atoms with Gasteiger partial charge in [0.25, 0.3) is 13.5 Å². The lowest BCUT2D eigenvalue weighted by molar-refractivity contribution is -0.569. The summed E-state index contributed by atoms with van der Waals surface area (Å²) in [5, 5.41) is 35.3. The maximum atomic E-state index is 12.0. The zero-order chi connectivity index (χ0) is 30.8. The Morgan fingerprint density at radius 3 is 2.36 bits per heavy atom. The first-order chi connectivity index (χ1) is 19.5. The van der Waals surface area contributed by atoms with Crippen molar-refractivity contribution in [3.05, 3.63) is 66.5 Å². The Labute approximate surface area is 229 Å². The number of nitrogens with two attached hydrogens (primary N) is 1. The molecule has 7 atom stereocenters. The second-order valence-corrected chi connectivity index (χ2v) is 11.3. The highest BCUT2D eigenvalue weighted by Crippen LogP contribution is 2.53. The van der Waals surface area contributed by atoms with Crippen LogP contribution in [0.1, 0.15) is 6.23 Å². The molecule has 0 radical (unpaired) electrons. The van der Waals surface area contributed by atoms with Crippen molar-refractivity contribution in [1.29, 1.82) is 0 Å². The lowest BCUT2D eigenvalue weighted by atomic mass is 9.96. The molecule has 0 aromatic carbocycles. The van der Waals surface area contributed by atoms with E-state index in [0.29, 0.717) is 12.2 Å². The number of anilines is 1. The Balaban J connectivity index is 1.58. The first-order valence-corrected chi connectivity index (χ1v) is 13.9. The van der Waals surface area contributed by atoms with Crippen molar-refractivity contribution >= 4 is 32.6 Å². The van der Waals surface area contributed by atoms with Gasteiger partial charge in [-0.1, -0.05) is 0 Å². The molecular weight excluding hydrogens is 622 g/mol. The van der Waals surface area contributed by atoms with E-state index in [-0.39, 0.29) is 17.0 Å². The van der Waals surface area contributed by atoms with Crippen LogP contribution in [0.25, 0.3) is 11.2 Å². The predicted octanol–water partition coefficient (Wildman–Crippen LogP) is -2.90. The second kappa shape index (κ2) is 10.2. The minimum Gasteiger partial charge on any atom is -0.790 e. The molecule has 4 heterocycles. The zero-order valence-electron chi connectivity index (χ0n) is 20.0. The Kier molecular flexibility index (Phi) is 7.18. The Morgan fingerprint density at radius 1 is 1.05 bits per heavy atom. The average Bonchev–Trinajstić information content (AvgIpc) is 3.54. The highest BCUT2D eigenvalue weighted by molar-refractivity contribution is 7.58. The average molecular weight is 635 g/mol. The molecule has 226 valence electrons. The van der Waals surface area contributed by atoms with E-state index in [9.17, 15) is 54.2 Å². The number of phosphoric acid groups is 2. The van der Waals surface area contributed by atoms with Crippen LogP contribution in [0.2, 0.25) is 0 Å². The van der Waals surface area contributed by atoms with Gasteiger partial charge in [0.15, 0.2) is 17.7 Å². The van der Waals surface area contributed by atoms with Gasteiger partial charge in [0, 0.05) is 4.92 Å². The van der Waals surface area contributed by atoms with Crippen LogP contribution in [0.15, 0.2) is 36.2 Å². The van der Waals surface area contributed by atoms with Gasteiger partial charge in [-0.05, 0) is 0 Å². The molecule has 42 heavy (non-hydrogen) atoms. The number of hydrogen-bond donors (Lipinski definition) is 1. The molecule has 0 amide bonds.